The zero-order valence-electron chi connectivity index (χ0n) is 9.86. The molecule has 0 heterocycles. The minimum atomic E-state index is 0.282. The van der Waals surface area contributed by atoms with Gasteiger partial charge in [-0.05, 0) is 29.7 Å². The Morgan fingerprint density at radius 3 is 1.92 bits per heavy atom. The molecule has 1 aliphatic carbocycles. The highest BCUT2D eigenvalue weighted by atomic mass is 14.4. The molecule has 74 valence electrons. The van der Waals surface area contributed by atoms with Gasteiger partial charge in [-0.1, -0.05) is 52.3 Å². The molecule has 0 heteroatoms. The predicted octanol–water partition coefficient (Wildman–Crippen LogP) is 4.34. The molecule has 1 rings (SSSR count). The number of hydrogen-bond donors (Lipinski definition) is 0. The van der Waals surface area contributed by atoms with Crippen molar-refractivity contribution in [1.82, 2.24) is 0 Å². The van der Waals surface area contributed by atoms with Gasteiger partial charge < -0.3 is 0 Å². The van der Waals surface area contributed by atoms with Gasteiger partial charge in [0.05, 0.1) is 0 Å². The molecule has 0 aromatic heterocycles. The van der Waals surface area contributed by atoms with Crippen LogP contribution in [0.2, 0.25) is 0 Å². The first-order valence-corrected chi connectivity index (χ1v) is 5.13. The van der Waals surface area contributed by atoms with Crippen molar-refractivity contribution >= 4 is 0 Å². The molecule has 0 unspecified atom stereocenters. The molecule has 1 aliphatic rings. The van der Waals surface area contributed by atoms with Crippen LogP contribution in [-0.2, 0) is 0 Å². The molecule has 0 saturated carbocycles. The van der Waals surface area contributed by atoms with Gasteiger partial charge in [-0.3, -0.25) is 0 Å². The Balaban J connectivity index is 2.95. The van der Waals surface area contributed by atoms with Crippen LogP contribution in [-0.4, -0.2) is 0 Å². The standard InChI is InChI=1S/C13H22/c1-10-7-8-11(9-10)13(5,6)12(2,3)4/h8-9H,7H2,1-6H3. The van der Waals surface area contributed by atoms with Crippen LogP contribution in [0, 0.1) is 10.8 Å². The highest BCUT2D eigenvalue weighted by Crippen LogP contribution is 2.46. The van der Waals surface area contributed by atoms with Gasteiger partial charge in [0, 0.05) is 0 Å². The largest absolute Gasteiger partial charge is 0.0767 e. The maximum absolute atomic E-state index is 2.38. The van der Waals surface area contributed by atoms with Gasteiger partial charge in [0.1, 0.15) is 0 Å². The smallest absolute Gasteiger partial charge is 0.00581 e. The minimum Gasteiger partial charge on any atom is -0.0767 e. The van der Waals surface area contributed by atoms with E-state index < -0.39 is 0 Å². The van der Waals surface area contributed by atoms with E-state index >= 15 is 0 Å². The third-order valence-corrected chi connectivity index (χ3v) is 3.64. The van der Waals surface area contributed by atoms with Crippen molar-refractivity contribution < 1.29 is 0 Å². The van der Waals surface area contributed by atoms with E-state index in [0.29, 0.717) is 5.41 Å². The summed E-state index contributed by atoms with van der Waals surface area (Å²) >= 11 is 0. The van der Waals surface area contributed by atoms with E-state index in [1.54, 1.807) is 0 Å². The van der Waals surface area contributed by atoms with E-state index in [-0.39, 0.29) is 5.41 Å². The van der Waals surface area contributed by atoms with Gasteiger partial charge in [-0.15, -0.1) is 0 Å². The minimum absolute atomic E-state index is 0.282. The average Bonchev–Trinajstić information content (AvgIpc) is 2.33. The summed E-state index contributed by atoms with van der Waals surface area (Å²) < 4.78 is 0. The van der Waals surface area contributed by atoms with E-state index in [1.165, 1.54) is 11.1 Å². The summed E-state index contributed by atoms with van der Waals surface area (Å²) in [7, 11) is 0. The van der Waals surface area contributed by atoms with E-state index in [9.17, 15) is 0 Å². The first-order chi connectivity index (χ1) is 5.75. The lowest BCUT2D eigenvalue weighted by Gasteiger charge is -2.39. The molecular formula is C13H22. The van der Waals surface area contributed by atoms with Gasteiger partial charge >= 0.3 is 0 Å². The molecule has 13 heavy (non-hydrogen) atoms. The summed E-state index contributed by atoms with van der Waals surface area (Å²) in [5.41, 5.74) is 3.62. The zero-order valence-corrected chi connectivity index (χ0v) is 9.86. The normalized spacial score (nSPS) is 18.6. The molecule has 0 atom stereocenters. The second kappa shape index (κ2) is 3.01. The number of hydrogen-bond acceptors (Lipinski definition) is 0. The van der Waals surface area contributed by atoms with E-state index in [1.807, 2.05) is 0 Å². The zero-order chi connectivity index (χ0) is 10.3. The van der Waals surface area contributed by atoms with Gasteiger partial charge in [-0.25, -0.2) is 0 Å². The summed E-state index contributed by atoms with van der Waals surface area (Å²) in [6, 6.07) is 0. The third kappa shape index (κ3) is 1.87. The maximum atomic E-state index is 2.38. The van der Waals surface area contributed by atoms with Crippen molar-refractivity contribution in [3.8, 4) is 0 Å². The molecule has 0 saturated heterocycles. The van der Waals surface area contributed by atoms with Crippen LogP contribution in [0.4, 0.5) is 0 Å². The van der Waals surface area contributed by atoms with Crippen LogP contribution in [0.3, 0.4) is 0 Å². The Hall–Kier alpha value is -0.520. The van der Waals surface area contributed by atoms with Gasteiger partial charge in [0.15, 0.2) is 0 Å². The van der Waals surface area contributed by atoms with Crippen molar-refractivity contribution in [2.24, 2.45) is 10.8 Å². The molecule has 0 bridgehead atoms. The van der Waals surface area contributed by atoms with Crippen molar-refractivity contribution in [2.75, 3.05) is 0 Å². The van der Waals surface area contributed by atoms with Crippen LogP contribution in [0.5, 0.6) is 0 Å². The van der Waals surface area contributed by atoms with Crippen molar-refractivity contribution in [3.05, 3.63) is 23.3 Å². The molecule has 0 aromatic carbocycles. The molecule has 0 amide bonds. The second-order valence-corrected chi connectivity index (χ2v) is 5.73. The van der Waals surface area contributed by atoms with Crippen molar-refractivity contribution in [2.45, 2.75) is 48.0 Å². The molecule has 0 radical (unpaired) electrons. The number of allylic oxidation sites excluding steroid dienone is 4. The Morgan fingerprint density at radius 2 is 1.62 bits per heavy atom. The van der Waals surface area contributed by atoms with Crippen molar-refractivity contribution in [1.29, 1.82) is 0 Å². The first kappa shape index (κ1) is 10.6. The lowest BCUT2D eigenvalue weighted by Crippen LogP contribution is -2.30. The summed E-state index contributed by atoms with van der Waals surface area (Å²) in [6.45, 7) is 13.8. The summed E-state index contributed by atoms with van der Waals surface area (Å²) in [5, 5.41) is 0. The van der Waals surface area contributed by atoms with Crippen molar-refractivity contribution in [3.63, 3.8) is 0 Å². The highest BCUT2D eigenvalue weighted by molar-refractivity contribution is 5.36. The maximum Gasteiger partial charge on any atom is -0.00581 e. The van der Waals surface area contributed by atoms with Crippen LogP contribution >= 0.6 is 0 Å². The van der Waals surface area contributed by atoms with Crippen LogP contribution in [0.15, 0.2) is 23.3 Å². The molecule has 0 aromatic rings. The molecule has 0 N–H and O–H groups in total. The fourth-order valence-corrected chi connectivity index (χ4v) is 1.52. The quantitative estimate of drug-likeness (QED) is 0.560. The second-order valence-electron chi connectivity index (χ2n) is 5.73. The fourth-order valence-electron chi connectivity index (χ4n) is 1.52. The Labute approximate surface area is 82.7 Å². The highest BCUT2D eigenvalue weighted by Gasteiger charge is 2.35. The molecule has 0 fully saturated rings. The third-order valence-electron chi connectivity index (χ3n) is 3.64. The van der Waals surface area contributed by atoms with Gasteiger partial charge in [0.2, 0.25) is 0 Å². The first-order valence-electron chi connectivity index (χ1n) is 5.13. The van der Waals surface area contributed by atoms with Crippen LogP contribution in [0.1, 0.15) is 48.0 Å². The lowest BCUT2D eigenvalue weighted by atomic mass is 9.65. The van der Waals surface area contributed by atoms with E-state index in [4.69, 9.17) is 0 Å². The number of rotatable bonds is 1. The lowest BCUT2D eigenvalue weighted by molar-refractivity contribution is 0.182. The monoisotopic (exact) mass is 178 g/mol. The van der Waals surface area contributed by atoms with Crippen LogP contribution < -0.4 is 0 Å². The van der Waals surface area contributed by atoms with E-state index in [0.717, 1.165) is 6.42 Å². The summed E-state index contributed by atoms with van der Waals surface area (Å²) in [4.78, 5) is 0. The SMILES string of the molecule is CC1=CC(C(C)(C)C(C)(C)C)=CC1. The molecule has 0 aliphatic heterocycles. The topological polar surface area (TPSA) is 0 Å². The Kier molecular flexibility index (Phi) is 2.44. The van der Waals surface area contributed by atoms with Crippen LogP contribution in [0.25, 0.3) is 0 Å². The Morgan fingerprint density at radius 1 is 1.08 bits per heavy atom. The average molecular weight is 178 g/mol. The molecule has 0 nitrogen and oxygen atoms in total. The predicted molar refractivity (Wildman–Crippen MR) is 59.7 cm³/mol. The fraction of sp³-hybridized carbons (Fsp3) is 0.692. The molecular weight excluding hydrogens is 156 g/mol. The summed E-state index contributed by atoms with van der Waals surface area (Å²) in [5.74, 6) is 0. The molecule has 0 spiro atoms. The van der Waals surface area contributed by atoms with Gasteiger partial charge in [-0.2, -0.15) is 0 Å². The van der Waals surface area contributed by atoms with Gasteiger partial charge in [0.25, 0.3) is 0 Å². The summed E-state index contributed by atoms with van der Waals surface area (Å²) in [6.07, 6.45) is 5.88. The van der Waals surface area contributed by atoms with E-state index in [2.05, 4.69) is 53.7 Å². The Bertz CT molecular complexity index is 256.